The molecule has 0 atom stereocenters. The van der Waals surface area contributed by atoms with E-state index in [0.717, 1.165) is 4.90 Å². The minimum Gasteiger partial charge on any atom is -0.461 e. The van der Waals surface area contributed by atoms with Crippen molar-refractivity contribution >= 4 is 17.7 Å². The van der Waals surface area contributed by atoms with Crippen molar-refractivity contribution in [1.82, 2.24) is 5.32 Å². The molecule has 0 bridgehead atoms. The average molecular weight is 331 g/mol. The van der Waals surface area contributed by atoms with Crippen LogP contribution in [0.25, 0.3) is 11.5 Å². The van der Waals surface area contributed by atoms with E-state index in [0.29, 0.717) is 23.8 Å². The lowest BCUT2D eigenvalue weighted by molar-refractivity contribution is -0.118. The molecule has 0 aliphatic rings. The number of furan rings is 2. The summed E-state index contributed by atoms with van der Waals surface area (Å²) in [5.74, 6) is 1.78. The van der Waals surface area contributed by atoms with Crippen molar-refractivity contribution in [3.63, 3.8) is 0 Å². The lowest BCUT2D eigenvalue weighted by Gasteiger charge is -2.03. The molecule has 0 saturated heterocycles. The van der Waals surface area contributed by atoms with Crippen LogP contribution >= 0.6 is 11.8 Å². The van der Waals surface area contributed by atoms with Gasteiger partial charge >= 0.3 is 0 Å². The topological polar surface area (TPSA) is 55.4 Å². The van der Waals surface area contributed by atoms with Crippen LogP contribution in [0.3, 0.4) is 0 Å². The Morgan fingerprint density at radius 2 is 1.91 bits per heavy atom. The molecule has 3 rings (SSSR count). The number of nitrogens with one attached hydrogen (secondary N) is 1. The van der Waals surface area contributed by atoms with E-state index in [9.17, 15) is 9.18 Å². The van der Waals surface area contributed by atoms with Gasteiger partial charge in [0.05, 0.1) is 18.6 Å². The molecule has 2 aromatic heterocycles. The molecule has 1 aromatic carbocycles. The van der Waals surface area contributed by atoms with Gasteiger partial charge in [0.1, 0.15) is 11.6 Å². The van der Waals surface area contributed by atoms with Gasteiger partial charge in [-0.05, 0) is 48.5 Å². The molecule has 4 nitrogen and oxygen atoms in total. The van der Waals surface area contributed by atoms with E-state index in [1.165, 1.54) is 23.9 Å². The van der Waals surface area contributed by atoms with E-state index in [1.54, 1.807) is 42.7 Å². The molecule has 0 spiro atoms. The van der Waals surface area contributed by atoms with Crippen molar-refractivity contribution in [2.24, 2.45) is 0 Å². The van der Waals surface area contributed by atoms with E-state index in [1.807, 2.05) is 0 Å². The van der Waals surface area contributed by atoms with E-state index in [4.69, 9.17) is 8.83 Å². The Morgan fingerprint density at radius 3 is 2.65 bits per heavy atom. The van der Waals surface area contributed by atoms with Crippen LogP contribution in [0.2, 0.25) is 0 Å². The minimum absolute atomic E-state index is 0.115. The van der Waals surface area contributed by atoms with Gasteiger partial charge in [-0.1, -0.05) is 0 Å². The second-order valence-corrected chi connectivity index (χ2v) is 5.81. The molecule has 0 radical (unpaired) electrons. The molecule has 6 heteroatoms. The summed E-state index contributed by atoms with van der Waals surface area (Å²) in [5, 5.41) is 2.78. The summed E-state index contributed by atoms with van der Waals surface area (Å²) < 4.78 is 23.6. The fourth-order valence-corrected chi connectivity index (χ4v) is 2.67. The number of carbonyl (C=O) groups excluding carboxylic acids is 1. The van der Waals surface area contributed by atoms with Gasteiger partial charge in [-0.25, -0.2) is 4.39 Å². The third-order valence-corrected chi connectivity index (χ3v) is 4.08. The molecule has 2 heterocycles. The zero-order valence-electron chi connectivity index (χ0n) is 12.1. The van der Waals surface area contributed by atoms with Crippen LogP contribution in [-0.2, 0) is 11.3 Å². The molecule has 3 aromatic rings. The van der Waals surface area contributed by atoms with Crippen molar-refractivity contribution in [1.29, 1.82) is 0 Å². The second kappa shape index (κ2) is 7.19. The predicted molar refractivity (Wildman–Crippen MR) is 85.4 cm³/mol. The highest BCUT2D eigenvalue weighted by molar-refractivity contribution is 8.00. The Morgan fingerprint density at radius 1 is 1.09 bits per heavy atom. The molecular formula is C17H14FNO3S. The maximum absolute atomic E-state index is 12.8. The van der Waals surface area contributed by atoms with Crippen LogP contribution in [-0.4, -0.2) is 11.7 Å². The third kappa shape index (κ3) is 4.26. The summed E-state index contributed by atoms with van der Waals surface area (Å²) in [6, 6.07) is 13.2. The Hall–Kier alpha value is -2.47. The monoisotopic (exact) mass is 331 g/mol. The quantitative estimate of drug-likeness (QED) is 0.691. The molecule has 0 fully saturated rings. The lowest BCUT2D eigenvalue weighted by atomic mass is 10.3. The van der Waals surface area contributed by atoms with Gasteiger partial charge in [0.25, 0.3) is 0 Å². The van der Waals surface area contributed by atoms with Crippen molar-refractivity contribution in [2.75, 3.05) is 5.75 Å². The smallest absolute Gasteiger partial charge is 0.230 e. The molecule has 0 saturated carbocycles. The molecular weight excluding hydrogens is 317 g/mol. The summed E-state index contributed by atoms with van der Waals surface area (Å²) in [4.78, 5) is 12.7. The van der Waals surface area contributed by atoms with Crippen LogP contribution in [0.4, 0.5) is 4.39 Å². The average Bonchev–Trinajstić information content (AvgIpc) is 3.23. The molecule has 0 unspecified atom stereocenters. The minimum atomic E-state index is -0.288. The zero-order valence-corrected chi connectivity index (χ0v) is 12.9. The van der Waals surface area contributed by atoms with E-state index in [-0.39, 0.29) is 17.5 Å². The van der Waals surface area contributed by atoms with E-state index >= 15 is 0 Å². The van der Waals surface area contributed by atoms with E-state index < -0.39 is 0 Å². The van der Waals surface area contributed by atoms with Crippen LogP contribution < -0.4 is 5.32 Å². The van der Waals surface area contributed by atoms with Gasteiger partial charge in [0.2, 0.25) is 5.91 Å². The van der Waals surface area contributed by atoms with Gasteiger partial charge in [0, 0.05) is 4.90 Å². The maximum Gasteiger partial charge on any atom is 0.230 e. The predicted octanol–water partition coefficient (Wildman–Crippen LogP) is 4.09. The number of benzene rings is 1. The number of carbonyl (C=O) groups is 1. The Labute approximate surface area is 136 Å². The second-order valence-electron chi connectivity index (χ2n) is 4.76. The Kier molecular flexibility index (Phi) is 4.83. The molecule has 1 N–H and O–H groups in total. The van der Waals surface area contributed by atoms with Gasteiger partial charge in [0.15, 0.2) is 11.5 Å². The highest BCUT2D eigenvalue weighted by Gasteiger charge is 2.08. The molecule has 0 aliphatic carbocycles. The Balaban J connectivity index is 1.46. The largest absolute Gasteiger partial charge is 0.461 e. The number of hydrogen-bond acceptors (Lipinski definition) is 4. The first kappa shape index (κ1) is 15.4. The number of amides is 1. The molecule has 1 amide bonds. The summed E-state index contributed by atoms with van der Waals surface area (Å²) in [7, 11) is 0. The fraction of sp³-hybridized carbons (Fsp3) is 0.118. The Bertz CT molecular complexity index is 766. The van der Waals surface area contributed by atoms with Crippen LogP contribution in [0.1, 0.15) is 5.76 Å². The number of halogens is 1. The van der Waals surface area contributed by atoms with Gasteiger partial charge in [-0.15, -0.1) is 11.8 Å². The maximum atomic E-state index is 12.8. The molecule has 23 heavy (non-hydrogen) atoms. The van der Waals surface area contributed by atoms with Crippen molar-refractivity contribution in [3.8, 4) is 11.5 Å². The highest BCUT2D eigenvalue weighted by Crippen LogP contribution is 2.22. The number of thioether (sulfide) groups is 1. The molecule has 118 valence electrons. The van der Waals surface area contributed by atoms with Gasteiger partial charge in [-0.2, -0.15) is 0 Å². The van der Waals surface area contributed by atoms with Gasteiger partial charge < -0.3 is 14.2 Å². The van der Waals surface area contributed by atoms with Crippen molar-refractivity contribution < 1.29 is 18.0 Å². The SMILES string of the molecule is O=C(CSc1ccc(F)cc1)NCc1ccc(-c2ccco2)o1. The third-order valence-electron chi connectivity index (χ3n) is 3.07. The van der Waals surface area contributed by atoms with Crippen molar-refractivity contribution in [3.05, 3.63) is 66.4 Å². The van der Waals surface area contributed by atoms with Crippen LogP contribution in [0.5, 0.6) is 0 Å². The van der Waals surface area contributed by atoms with Crippen LogP contribution in [0, 0.1) is 5.82 Å². The fourth-order valence-electron chi connectivity index (χ4n) is 1.94. The van der Waals surface area contributed by atoms with Crippen LogP contribution in [0.15, 0.2) is 68.5 Å². The molecule has 0 aliphatic heterocycles. The van der Waals surface area contributed by atoms with E-state index in [2.05, 4.69) is 5.32 Å². The number of rotatable bonds is 6. The zero-order chi connectivity index (χ0) is 16.1. The van der Waals surface area contributed by atoms with Crippen molar-refractivity contribution in [2.45, 2.75) is 11.4 Å². The number of hydrogen-bond donors (Lipinski definition) is 1. The summed E-state index contributed by atoms with van der Waals surface area (Å²) in [5.41, 5.74) is 0. The first-order valence-electron chi connectivity index (χ1n) is 6.98. The first-order chi connectivity index (χ1) is 11.2. The summed E-state index contributed by atoms with van der Waals surface area (Å²) >= 11 is 1.35. The summed E-state index contributed by atoms with van der Waals surface area (Å²) in [6.45, 7) is 0.309. The normalized spacial score (nSPS) is 10.7. The standard InChI is InChI=1S/C17H14FNO3S/c18-12-3-6-14(7-4-12)23-11-17(20)19-10-13-5-8-16(22-13)15-2-1-9-21-15/h1-9H,10-11H2,(H,19,20). The van der Waals surface area contributed by atoms with Gasteiger partial charge in [-0.3, -0.25) is 4.79 Å². The lowest BCUT2D eigenvalue weighted by Crippen LogP contribution is -2.24. The highest BCUT2D eigenvalue weighted by atomic mass is 32.2. The summed E-state index contributed by atoms with van der Waals surface area (Å²) in [6.07, 6.45) is 1.58. The first-order valence-corrected chi connectivity index (χ1v) is 7.97.